The quantitative estimate of drug-likeness (QED) is 0.696. The van der Waals surface area contributed by atoms with Crippen molar-refractivity contribution in [2.75, 3.05) is 10.6 Å². The molecule has 3 rings (SSSR count). The highest BCUT2D eigenvalue weighted by Gasteiger charge is 2.12. The molecule has 0 aliphatic carbocycles. The summed E-state index contributed by atoms with van der Waals surface area (Å²) in [5, 5.41) is 9.99. The number of benzene rings is 1. The van der Waals surface area contributed by atoms with Crippen LogP contribution in [0.5, 0.6) is 0 Å². The zero-order chi connectivity index (χ0) is 16.9. The Labute approximate surface area is 151 Å². The Morgan fingerprint density at radius 1 is 1.08 bits per heavy atom. The molecule has 2 N–H and O–H groups in total. The molecule has 3 aromatic rings. The van der Waals surface area contributed by atoms with Crippen LogP contribution in [0.25, 0.3) is 0 Å². The lowest BCUT2D eigenvalue weighted by atomic mass is 10.3. The van der Waals surface area contributed by atoms with Crippen LogP contribution in [-0.4, -0.2) is 16.8 Å². The van der Waals surface area contributed by atoms with E-state index < -0.39 is 0 Å². The fourth-order valence-electron chi connectivity index (χ4n) is 1.93. The highest BCUT2D eigenvalue weighted by atomic mass is 35.5. The van der Waals surface area contributed by atoms with E-state index in [9.17, 15) is 9.59 Å². The minimum Gasteiger partial charge on any atom is -0.324 e. The number of thiazole rings is 1. The van der Waals surface area contributed by atoms with Crippen molar-refractivity contribution in [3.05, 3.63) is 62.8 Å². The van der Waals surface area contributed by atoms with Crippen LogP contribution in [0.15, 0.2) is 47.2 Å². The summed E-state index contributed by atoms with van der Waals surface area (Å²) in [6.07, 6.45) is 0.108. The summed E-state index contributed by atoms with van der Waals surface area (Å²) in [7, 11) is 0. The smallest absolute Gasteiger partial charge is 0.267 e. The minimum atomic E-state index is -0.218. The lowest BCUT2D eigenvalue weighted by Crippen LogP contribution is -2.15. The van der Waals surface area contributed by atoms with Gasteiger partial charge in [0.15, 0.2) is 5.13 Å². The number of thiophene rings is 1. The molecule has 0 spiro atoms. The average Bonchev–Trinajstić information content (AvgIpc) is 3.21. The van der Waals surface area contributed by atoms with Gasteiger partial charge in [0.05, 0.1) is 27.7 Å². The molecule has 0 atom stereocenters. The van der Waals surface area contributed by atoms with Gasteiger partial charge >= 0.3 is 0 Å². The van der Waals surface area contributed by atoms with Crippen LogP contribution in [0.4, 0.5) is 10.8 Å². The number of hydrogen-bond donors (Lipinski definition) is 2. The Balaban J connectivity index is 1.58. The average molecular weight is 378 g/mol. The second-order valence-electron chi connectivity index (χ2n) is 4.78. The molecule has 1 aromatic carbocycles. The van der Waals surface area contributed by atoms with Crippen molar-refractivity contribution in [1.29, 1.82) is 0 Å². The van der Waals surface area contributed by atoms with Crippen LogP contribution < -0.4 is 10.6 Å². The summed E-state index contributed by atoms with van der Waals surface area (Å²) in [4.78, 5) is 28.9. The maximum absolute atomic E-state index is 12.1. The number of para-hydroxylation sites is 1. The van der Waals surface area contributed by atoms with Gasteiger partial charge in [0.1, 0.15) is 0 Å². The molecule has 0 radical (unpaired) electrons. The SMILES string of the molecule is O=C(Cc1csc(NC(=O)c2cccs2)n1)Nc1ccccc1Cl. The summed E-state index contributed by atoms with van der Waals surface area (Å²) in [6, 6.07) is 10.6. The zero-order valence-corrected chi connectivity index (χ0v) is 14.7. The van der Waals surface area contributed by atoms with Crippen molar-refractivity contribution in [2.24, 2.45) is 0 Å². The highest BCUT2D eigenvalue weighted by Crippen LogP contribution is 2.22. The lowest BCUT2D eigenvalue weighted by Gasteiger charge is -2.05. The van der Waals surface area contributed by atoms with E-state index in [1.807, 2.05) is 11.4 Å². The third-order valence-electron chi connectivity index (χ3n) is 3.01. The molecule has 0 aliphatic rings. The van der Waals surface area contributed by atoms with E-state index in [0.717, 1.165) is 0 Å². The largest absolute Gasteiger partial charge is 0.324 e. The van der Waals surface area contributed by atoms with E-state index in [1.165, 1.54) is 22.7 Å². The first-order chi connectivity index (χ1) is 11.6. The molecule has 2 heterocycles. The van der Waals surface area contributed by atoms with Crippen molar-refractivity contribution in [2.45, 2.75) is 6.42 Å². The molecule has 2 aromatic heterocycles. The van der Waals surface area contributed by atoms with Crippen molar-refractivity contribution < 1.29 is 9.59 Å². The van der Waals surface area contributed by atoms with Crippen LogP contribution in [0.3, 0.4) is 0 Å². The van der Waals surface area contributed by atoms with Gasteiger partial charge in [-0.3, -0.25) is 14.9 Å². The molecule has 0 saturated heterocycles. The van der Waals surface area contributed by atoms with Gasteiger partial charge in [-0.2, -0.15) is 0 Å². The first kappa shape index (κ1) is 16.6. The number of nitrogens with one attached hydrogen (secondary N) is 2. The Bertz CT molecular complexity index is 862. The van der Waals surface area contributed by atoms with Crippen molar-refractivity contribution >= 4 is 56.9 Å². The van der Waals surface area contributed by atoms with Crippen LogP contribution in [0, 0.1) is 0 Å². The molecule has 0 unspecified atom stereocenters. The summed E-state index contributed by atoms with van der Waals surface area (Å²) in [6.45, 7) is 0. The number of anilines is 2. The number of halogens is 1. The Morgan fingerprint density at radius 2 is 1.92 bits per heavy atom. The molecular weight excluding hydrogens is 366 g/mol. The number of aromatic nitrogens is 1. The number of nitrogens with zero attached hydrogens (tertiary/aromatic N) is 1. The molecule has 122 valence electrons. The molecule has 2 amide bonds. The van der Waals surface area contributed by atoms with Gasteiger partial charge < -0.3 is 5.32 Å². The number of carbonyl (C=O) groups is 2. The summed E-state index contributed by atoms with van der Waals surface area (Å²) in [5.74, 6) is -0.420. The predicted octanol–water partition coefficient (Wildman–Crippen LogP) is 4.29. The van der Waals surface area contributed by atoms with E-state index in [1.54, 1.807) is 35.7 Å². The van der Waals surface area contributed by atoms with Gasteiger partial charge in [-0.25, -0.2) is 4.98 Å². The van der Waals surface area contributed by atoms with Gasteiger partial charge in [-0.05, 0) is 23.6 Å². The first-order valence-electron chi connectivity index (χ1n) is 6.95. The Kier molecular flexibility index (Phi) is 5.24. The summed E-state index contributed by atoms with van der Waals surface area (Å²) in [5.41, 5.74) is 1.15. The zero-order valence-electron chi connectivity index (χ0n) is 12.3. The van der Waals surface area contributed by atoms with E-state index in [0.29, 0.717) is 26.4 Å². The van der Waals surface area contributed by atoms with E-state index in [4.69, 9.17) is 11.6 Å². The van der Waals surface area contributed by atoms with Crippen LogP contribution in [0.2, 0.25) is 5.02 Å². The Morgan fingerprint density at radius 3 is 2.67 bits per heavy atom. The third-order valence-corrected chi connectivity index (χ3v) is 5.01. The van der Waals surface area contributed by atoms with Crippen LogP contribution in [-0.2, 0) is 11.2 Å². The van der Waals surface area contributed by atoms with Gasteiger partial charge in [-0.1, -0.05) is 29.8 Å². The Hall–Kier alpha value is -2.22. The number of rotatable bonds is 5. The molecule has 0 fully saturated rings. The van der Waals surface area contributed by atoms with Crippen molar-refractivity contribution in [3.8, 4) is 0 Å². The van der Waals surface area contributed by atoms with E-state index in [-0.39, 0.29) is 18.2 Å². The lowest BCUT2D eigenvalue weighted by molar-refractivity contribution is -0.115. The topological polar surface area (TPSA) is 71.1 Å². The maximum atomic E-state index is 12.1. The molecule has 8 heteroatoms. The van der Waals surface area contributed by atoms with Gasteiger partial charge in [0.25, 0.3) is 5.91 Å². The number of amides is 2. The van der Waals surface area contributed by atoms with Gasteiger partial charge in [-0.15, -0.1) is 22.7 Å². The van der Waals surface area contributed by atoms with Gasteiger partial charge in [0, 0.05) is 5.38 Å². The molecule has 24 heavy (non-hydrogen) atoms. The standard InChI is InChI=1S/C16H12ClN3O2S2/c17-11-4-1-2-5-12(11)19-14(21)8-10-9-24-16(18-10)20-15(22)13-6-3-7-23-13/h1-7,9H,8H2,(H,19,21)(H,18,20,22). The van der Waals surface area contributed by atoms with Gasteiger partial charge in [0.2, 0.25) is 5.91 Å². The minimum absolute atomic E-state index is 0.108. The monoisotopic (exact) mass is 377 g/mol. The number of hydrogen-bond acceptors (Lipinski definition) is 5. The molecule has 0 saturated carbocycles. The molecular formula is C16H12ClN3O2S2. The fraction of sp³-hybridized carbons (Fsp3) is 0.0625. The van der Waals surface area contributed by atoms with E-state index in [2.05, 4.69) is 15.6 Å². The van der Waals surface area contributed by atoms with Crippen LogP contribution in [0.1, 0.15) is 15.4 Å². The first-order valence-corrected chi connectivity index (χ1v) is 9.09. The normalized spacial score (nSPS) is 10.4. The van der Waals surface area contributed by atoms with Crippen molar-refractivity contribution in [3.63, 3.8) is 0 Å². The maximum Gasteiger partial charge on any atom is 0.267 e. The fourth-order valence-corrected chi connectivity index (χ4v) is 3.44. The molecule has 5 nitrogen and oxygen atoms in total. The summed E-state index contributed by atoms with van der Waals surface area (Å²) >= 11 is 8.65. The van der Waals surface area contributed by atoms with Crippen molar-refractivity contribution in [1.82, 2.24) is 4.98 Å². The predicted molar refractivity (Wildman–Crippen MR) is 98.2 cm³/mol. The highest BCUT2D eigenvalue weighted by molar-refractivity contribution is 7.14. The summed E-state index contributed by atoms with van der Waals surface area (Å²) < 4.78 is 0. The van der Waals surface area contributed by atoms with E-state index >= 15 is 0 Å². The second-order valence-corrected chi connectivity index (χ2v) is 6.99. The van der Waals surface area contributed by atoms with Crippen LogP contribution >= 0.6 is 34.3 Å². The third kappa shape index (κ3) is 4.19. The molecule has 0 bridgehead atoms. The number of carbonyl (C=O) groups excluding carboxylic acids is 2. The molecule has 0 aliphatic heterocycles. The second kappa shape index (κ2) is 7.57.